The molecule has 90 valence electrons. The third-order valence-corrected chi connectivity index (χ3v) is 2.98. The number of rotatable bonds is 2. The van der Waals surface area contributed by atoms with Crippen LogP contribution in [0, 0.1) is 17.6 Å². The maximum Gasteiger partial charge on any atom is 0.296 e. The van der Waals surface area contributed by atoms with E-state index in [0.717, 1.165) is 19.3 Å². The molecule has 1 aliphatic carbocycles. The Morgan fingerprint density at radius 2 is 2.47 bits per heavy atom. The molecule has 1 aliphatic rings. The molecule has 0 spiro atoms. The van der Waals surface area contributed by atoms with Crippen LogP contribution in [0.1, 0.15) is 25.0 Å². The van der Waals surface area contributed by atoms with Gasteiger partial charge in [0.1, 0.15) is 5.69 Å². The Labute approximate surface area is 104 Å². The van der Waals surface area contributed by atoms with E-state index in [9.17, 15) is 4.79 Å². The van der Waals surface area contributed by atoms with Crippen LogP contribution >= 0.6 is 12.2 Å². The van der Waals surface area contributed by atoms with Crippen molar-refractivity contribution < 1.29 is 0 Å². The molecule has 17 heavy (non-hydrogen) atoms. The Morgan fingerprint density at radius 1 is 1.65 bits per heavy atom. The normalized spacial score (nSPS) is 19.9. The summed E-state index contributed by atoms with van der Waals surface area (Å²) in [5.41, 5.74) is 0.0932. The number of aromatic amines is 1. The molecule has 0 saturated carbocycles. The number of hydrogen-bond donors (Lipinski definition) is 1. The molecule has 1 aromatic rings. The second-order valence-corrected chi connectivity index (χ2v) is 4.43. The molecule has 1 aromatic heterocycles. The highest BCUT2D eigenvalue weighted by molar-refractivity contribution is 7.71. The minimum absolute atomic E-state index is 0.225. The second kappa shape index (κ2) is 5.18. The van der Waals surface area contributed by atoms with Crippen molar-refractivity contribution in [2.24, 2.45) is 11.0 Å². The molecule has 0 fully saturated rings. The van der Waals surface area contributed by atoms with Crippen molar-refractivity contribution in [3.8, 4) is 0 Å². The van der Waals surface area contributed by atoms with Gasteiger partial charge in [0, 0.05) is 6.21 Å². The van der Waals surface area contributed by atoms with Crippen LogP contribution in [0.2, 0.25) is 0 Å². The summed E-state index contributed by atoms with van der Waals surface area (Å²) in [5, 5.41) is 10.5. The fourth-order valence-corrected chi connectivity index (χ4v) is 1.87. The fourth-order valence-electron chi connectivity index (χ4n) is 1.69. The number of nitrogens with one attached hydrogen (secondary N) is 1. The van der Waals surface area contributed by atoms with Crippen LogP contribution in [-0.4, -0.2) is 21.1 Å². The third-order valence-electron chi connectivity index (χ3n) is 2.72. The van der Waals surface area contributed by atoms with E-state index in [1.54, 1.807) is 13.1 Å². The van der Waals surface area contributed by atoms with Gasteiger partial charge in [0.2, 0.25) is 4.77 Å². The van der Waals surface area contributed by atoms with Crippen LogP contribution in [-0.2, 0) is 0 Å². The average molecular weight is 250 g/mol. The summed E-state index contributed by atoms with van der Waals surface area (Å²) in [5.74, 6) is 0.384. The first kappa shape index (κ1) is 11.9. The Hall–Kier alpha value is -1.56. The van der Waals surface area contributed by atoms with Crippen molar-refractivity contribution in [2.45, 2.75) is 26.2 Å². The van der Waals surface area contributed by atoms with Gasteiger partial charge in [0.05, 0.1) is 0 Å². The van der Waals surface area contributed by atoms with E-state index in [0.29, 0.717) is 11.6 Å². The minimum atomic E-state index is -0.267. The number of nitrogens with zero attached hydrogens (tertiary/aromatic N) is 3. The molecular weight excluding hydrogens is 236 g/mol. The molecule has 1 unspecified atom stereocenters. The molecule has 1 N–H and O–H groups in total. The van der Waals surface area contributed by atoms with Crippen molar-refractivity contribution >= 4 is 18.4 Å². The average Bonchev–Trinajstić information content (AvgIpc) is 2.35. The molecule has 0 radical (unpaired) electrons. The number of aryl methyl sites for hydroxylation is 1. The second-order valence-electron chi connectivity index (χ2n) is 4.04. The van der Waals surface area contributed by atoms with Gasteiger partial charge in [0.25, 0.3) is 5.56 Å². The zero-order chi connectivity index (χ0) is 12.3. The maximum atomic E-state index is 11.7. The molecule has 5 nitrogen and oxygen atoms in total. The summed E-state index contributed by atoms with van der Waals surface area (Å²) in [6, 6.07) is 0. The lowest BCUT2D eigenvalue weighted by Gasteiger charge is -2.11. The highest BCUT2D eigenvalue weighted by atomic mass is 32.1. The lowest BCUT2D eigenvalue weighted by atomic mass is 9.96. The number of aromatic nitrogens is 3. The standard InChI is InChI=1S/C11H14N4OS/c1-8-10(16)15(11(17)14-13-8)12-7-9-5-3-2-4-6-9/h2-3,7,9H,4-6H2,1H3,(H,14,17). The Balaban J connectivity index is 2.27. The van der Waals surface area contributed by atoms with Gasteiger partial charge >= 0.3 is 0 Å². The van der Waals surface area contributed by atoms with Gasteiger partial charge in [-0.15, -0.1) is 0 Å². The van der Waals surface area contributed by atoms with Crippen molar-refractivity contribution in [1.82, 2.24) is 14.9 Å². The lowest BCUT2D eigenvalue weighted by Crippen LogP contribution is -2.23. The largest absolute Gasteiger partial charge is 0.296 e. The van der Waals surface area contributed by atoms with E-state index in [4.69, 9.17) is 12.2 Å². The van der Waals surface area contributed by atoms with Crippen molar-refractivity contribution in [3.63, 3.8) is 0 Å². The zero-order valence-corrected chi connectivity index (χ0v) is 10.4. The molecule has 2 rings (SSSR count). The Morgan fingerprint density at radius 3 is 3.18 bits per heavy atom. The van der Waals surface area contributed by atoms with Gasteiger partial charge in [0.15, 0.2) is 0 Å². The predicted molar refractivity (Wildman–Crippen MR) is 68.8 cm³/mol. The van der Waals surface area contributed by atoms with Crippen LogP contribution in [0.25, 0.3) is 0 Å². The number of allylic oxidation sites excluding steroid dienone is 2. The maximum absolute atomic E-state index is 11.7. The summed E-state index contributed by atoms with van der Waals surface area (Å²) in [7, 11) is 0. The van der Waals surface area contributed by atoms with E-state index in [2.05, 4.69) is 27.5 Å². The quantitative estimate of drug-likeness (QED) is 0.494. The van der Waals surface area contributed by atoms with Crippen molar-refractivity contribution in [3.05, 3.63) is 33.0 Å². The molecule has 6 heteroatoms. The molecule has 0 aliphatic heterocycles. The molecule has 0 saturated heterocycles. The summed E-state index contributed by atoms with van der Waals surface area (Å²) in [6.45, 7) is 1.63. The highest BCUT2D eigenvalue weighted by Gasteiger charge is 2.07. The molecule has 0 amide bonds. The highest BCUT2D eigenvalue weighted by Crippen LogP contribution is 2.15. The topological polar surface area (TPSA) is 63.0 Å². The zero-order valence-electron chi connectivity index (χ0n) is 9.59. The molecule has 1 atom stereocenters. The van der Waals surface area contributed by atoms with E-state index in [-0.39, 0.29) is 10.3 Å². The van der Waals surface area contributed by atoms with E-state index >= 15 is 0 Å². The summed E-state index contributed by atoms with van der Waals surface area (Å²) in [4.78, 5) is 11.7. The minimum Gasteiger partial charge on any atom is -0.265 e. The van der Waals surface area contributed by atoms with Crippen molar-refractivity contribution in [2.75, 3.05) is 0 Å². The van der Waals surface area contributed by atoms with Crippen molar-refractivity contribution in [1.29, 1.82) is 0 Å². The van der Waals surface area contributed by atoms with Crippen LogP contribution in [0.4, 0.5) is 0 Å². The SMILES string of the molecule is Cc1n[nH]c(=S)n(N=CC2CC=CCC2)c1=O. The number of hydrogen-bond acceptors (Lipinski definition) is 4. The predicted octanol–water partition coefficient (Wildman–Crippen LogP) is 1.80. The summed E-state index contributed by atoms with van der Waals surface area (Å²) < 4.78 is 1.42. The first-order valence-corrected chi connectivity index (χ1v) is 5.97. The summed E-state index contributed by atoms with van der Waals surface area (Å²) in [6.07, 6.45) is 9.21. The Kier molecular flexibility index (Phi) is 3.63. The van der Waals surface area contributed by atoms with E-state index in [1.165, 1.54) is 4.68 Å². The van der Waals surface area contributed by atoms with Crippen LogP contribution in [0.15, 0.2) is 22.0 Å². The fraction of sp³-hybridized carbons (Fsp3) is 0.455. The van der Waals surface area contributed by atoms with Gasteiger partial charge in [-0.2, -0.15) is 14.9 Å². The smallest absolute Gasteiger partial charge is 0.265 e. The Bertz CT molecular complexity index is 570. The molecule has 0 bridgehead atoms. The van der Waals surface area contributed by atoms with Gasteiger partial charge < -0.3 is 0 Å². The molecule has 0 aromatic carbocycles. The number of H-pyrrole nitrogens is 1. The summed E-state index contributed by atoms with van der Waals surface area (Å²) >= 11 is 4.98. The lowest BCUT2D eigenvalue weighted by molar-refractivity contribution is 0.617. The van der Waals surface area contributed by atoms with Gasteiger partial charge in [-0.25, -0.2) is 0 Å². The van der Waals surface area contributed by atoms with Gasteiger partial charge in [-0.3, -0.25) is 9.89 Å². The van der Waals surface area contributed by atoms with Gasteiger partial charge in [-0.1, -0.05) is 12.2 Å². The van der Waals surface area contributed by atoms with Gasteiger partial charge in [-0.05, 0) is 44.3 Å². The van der Waals surface area contributed by atoms with E-state index in [1.807, 2.05) is 0 Å². The van der Waals surface area contributed by atoms with Crippen LogP contribution in [0.5, 0.6) is 0 Å². The van der Waals surface area contributed by atoms with Crippen LogP contribution < -0.4 is 5.56 Å². The molecule has 1 heterocycles. The van der Waals surface area contributed by atoms with E-state index < -0.39 is 0 Å². The van der Waals surface area contributed by atoms with Crippen LogP contribution in [0.3, 0.4) is 0 Å². The first-order chi connectivity index (χ1) is 8.18. The molecular formula is C11H14N4OS. The first-order valence-electron chi connectivity index (χ1n) is 5.56. The monoisotopic (exact) mass is 250 g/mol. The third kappa shape index (κ3) is 2.76.